The number of carbonyl (C=O) groups excluding carboxylic acids is 3. The molecule has 3 N–H and O–H groups in total. The molecule has 1 fully saturated rings. The van der Waals surface area contributed by atoms with E-state index in [0.29, 0.717) is 25.3 Å². The average Bonchev–Trinajstić information content (AvgIpc) is 2.35. The smallest absolute Gasteiger partial charge is 0.249 e. The summed E-state index contributed by atoms with van der Waals surface area (Å²) in [5.74, 6) is -0.526. The molecule has 1 heterocycles. The van der Waals surface area contributed by atoms with Gasteiger partial charge in [-0.1, -0.05) is 13.8 Å². The predicted molar refractivity (Wildman–Crippen MR) is 71.0 cm³/mol. The number of imide groups is 1. The van der Waals surface area contributed by atoms with E-state index in [4.69, 9.17) is 5.73 Å². The number of nitrogens with zero attached hydrogens (tertiary/aromatic N) is 1. The number of hydrogen-bond donors (Lipinski definition) is 2. The molecule has 6 nitrogen and oxygen atoms in total. The van der Waals surface area contributed by atoms with E-state index in [2.05, 4.69) is 5.32 Å². The first kappa shape index (κ1) is 15.6. The fourth-order valence-electron chi connectivity index (χ4n) is 2.28. The first-order chi connectivity index (χ1) is 8.99. The van der Waals surface area contributed by atoms with Gasteiger partial charge >= 0.3 is 0 Å². The first-order valence-electron chi connectivity index (χ1n) is 6.82. The van der Waals surface area contributed by atoms with Crippen molar-refractivity contribution < 1.29 is 14.4 Å². The SMILES string of the molecule is CCC1C(=O)NC(=O)CN1C(=O)CCC(C)CCN. The van der Waals surface area contributed by atoms with E-state index in [9.17, 15) is 14.4 Å². The van der Waals surface area contributed by atoms with E-state index in [1.165, 1.54) is 4.90 Å². The minimum Gasteiger partial charge on any atom is -0.330 e. The third-order valence-electron chi connectivity index (χ3n) is 3.47. The van der Waals surface area contributed by atoms with Crippen LogP contribution >= 0.6 is 0 Å². The zero-order valence-corrected chi connectivity index (χ0v) is 11.6. The van der Waals surface area contributed by atoms with E-state index in [1.807, 2.05) is 13.8 Å². The molecule has 1 aliphatic rings. The van der Waals surface area contributed by atoms with Gasteiger partial charge in [0.05, 0.1) is 0 Å². The lowest BCUT2D eigenvalue weighted by Gasteiger charge is -2.33. The van der Waals surface area contributed by atoms with Gasteiger partial charge in [0.15, 0.2) is 0 Å². The van der Waals surface area contributed by atoms with Crippen molar-refractivity contribution >= 4 is 17.7 Å². The van der Waals surface area contributed by atoms with E-state index in [0.717, 1.165) is 12.8 Å². The minimum atomic E-state index is -0.519. The van der Waals surface area contributed by atoms with Gasteiger partial charge < -0.3 is 10.6 Å². The van der Waals surface area contributed by atoms with Crippen LogP contribution in [-0.2, 0) is 14.4 Å². The second-order valence-corrected chi connectivity index (χ2v) is 5.08. The van der Waals surface area contributed by atoms with Crippen molar-refractivity contribution in [2.45, 2.75) is 45.6 Å². The molecule has 2 unspecified atom stereocenters. The molecule has 1 rings (SSSR count). The summed E-state index contributed by atoms with van der Waals surface area (Å²) < 4.78 is 0. The van der Waals surface area contributed by atoms with Crippen LogP contribution in [0.5, 0.6) is 0 Å². The molecular formula is C13H23N3O3. The highest BCUT2D eigenvalue weighted by molar-refractivity contribution is 6.04. The van der Waals surface area contributed by atoms with Crippen molar-refractivity contribution in [3.8, 4) is 0 Å². The molecule has 0 aliphatic carbocycles. The number of nitrogens with two attached hydrogens (primary N) is 1. The molecule has 19 heavy (non-hydrogen) atoms. The van der Waals surface area contributed by atoms with Crippen molar-refractivity contribution in [3.05, 3.63) is 0 Å². The van der Waals surface area contributed by atoms with Crippen LogP contribution < -0.4 is 11.1 Å². The van der Waals surface area contributed by atoms with Gasteiger partial charge in [0.1, 0.15) is 12.6 Å². The molecule has 6 heteroatoms. The fraction of sp³-hybridized carbons (Fsp3) is 0.769. The predicted octanol–water partition coefficient (Wildman–Crippen LogP) is 0.0151. The van der Waals surface area contributed by atoms with Gasteiger partial charge in [-0.3, -0.25) is 19.7 Å². The maximum atomic E-state index is 12.1. The summed E-state index contributed by atoms with van der Waals surface area (Å²) in [5, 5.41) is 2.26. The Morgan fingerprint density at radius 2 is 2.16 bits per heavy atom. The summed E-state index contributed by atoms with van der Waals surface area (Å²) in [6, 6.07) is -0.519. The van der Waals surface area contributed by atoms with Crippen LogP contribution in [0, 0.1) is 5.92 Å². The number of carbonyl (C=O) groups is 3. The Bertz CT molecular complexity index is 357. The van der Waals surface area contributed by atoms with Crippen LogP contribution in [0.3, 0.4) is 0 Å². The summed E-state index contributed by atoms with van der Waals surface area (Å²) >= 11 is 0. The van der Waals surface area contributed by atoms with Crippen LogP contribution in [0.25, 0.3) is 0 Å². The Labute approximate surface area is 113 Å². The lowest BCUT2D eigenvalue weighted by molar-refractivity contribution is -0.150. The Morgan fingerprint density at radius 3 is 2.74 bits per heavy atom. The number of piperazine rings is 1. The minimum absolute atomic E-state index is 0.0195. The topological polar surface area (TPSA) is 92.5 Å². The van der Waals surface area contributed by atoms with Crippen LogP contribution in [-0.4, -0.2) is 41.8 Å². The second-order valence-electron chi connectivity index (χ2n) is 5.08. The molecule has 3 amide bonds. The Morgan fingerprint density at radius 1 is 1.47 bits per heavy atom. The molecule has 0 saturated carbocycles. The fourth-order valence-corrected chi connectivity index (χ4v) is 2.28. The highest BCUT2D eigenvalue weighted by atomic mass is 16.2. The summed E-state index contributed by atoms with van der Waals surface area (Å²) in [6.45, 7) is 4.47. The molecule has 2 atom stereocenters. The highest BCUT2D eigenvalue weighted by Crippen LogP contribution is 2.15. The first-order valence-corrected chi connectivity index (χ1v) is 6.82. The van der Waals surface area contributed by atoms with Gasteiger partial charge in [-0.15, -0.1) is 0 Å². The van der Waals surface area contributed by atoms with Gasteiger partial charge in [0.2, 0.25) is 17.7 Å². The van der Waals surface area contributed by atoms with E-state index in [1.54, 1.807) is 0 Å². The highest BCUT2D eigenvalue weighted by Gasteiger charge is 2.35. The largest absolute Gasteiger partial charge is 0.330 e. The molecule has 0 aromatic heterocycles. The maximum absolute atomic E-state index is 12.1. The standard InChI is InChI=1S/C13H23N3O3/c1-3-10-13(19)15-11(17)8-16(10)12(18)5-4-9(2)6-7-14/h9-10H,3-8,14H2,1-2H3,(H,15,17,19). The van der Waals surface area contributed by atoms with Crippen molar-refractivity contribution in [1.29, 1.82) is 0 Å². The molecule has 0 radical (unpaired) electrons. The van der Waals surface area contributed by atoms with E-state index < -0.39 is 11.9 Å². The Balaban J connectivity index is 2.57. The Kier molecular flexibility index (Phi) is 5.95. The molecular weight excluding hydrogens is 246 g/mol. The molecule has 108 valence electrons. The van der Waals surface area contributed by atoms with E-state index >= 15 is 0 Å². The third kappa shape index (κ3) is 4.31. The van der Waals surface area contributed by atoms with Gasteiger partial charge in [0.25, 0.3) is 0 Å². The zero-order valence-electron chi connectivity index (χ0n) is 11.6. The van der Waals surface area contributed by atoms with Gasteiger partial charge in [-0.2, -0.15) is 0 Å². The van der Waals surface area contributed by atoms with Gasteiger partial charge in [-0.05, 0) is 31.7 Å². The van der Waals surface area contributed by atoms with Crippen LogP contribution in [0.15, 0.2) is 0 Å². The monoisotopic (exact) mass is 269 g/mol. The second kappa shape index (κ2) is 7.23. The van der Waals surface area contributed by atoms with Crippen molar-refractivity contribution in [2.24, 2.45) is 11.7 Å². The molecule has 0 aromatic carbocycles. The quantitative estimate of drug-likeness (QED) is 0.665. The number of hydrogen-bond acceptors (Lipinski definition) is 4. The molecule has 0 spiro atoms. The van der Waals surface area contributed by atoms with E-state index in [-0.39, 0.29) is 18.4 Å². The molecule has 1 saturated heterocycles. The molecule has 0 aromatic rings. The summed E-state index contributed by atoms with van der Waals surface area (Å²) in [5.41, 5.74) is 5.47. The molecule has 0 bridgehead atoms. The maximum Gasteiger partial charge on any atom is 0.249 e. The lowest BCUT2D eigenvalue weighted by atomic mass is 10.0. The van der Waals surface area contributed by atoms with Crippen LogP contribution in [0.4, 0.5) is 0 Å². The van der Waals surface area contributed by atoms with Crippen molar-refractivity contribution in [3.63, 3.8) is 0 Å². The third-order valence-corrected chi connectivity index (χ3v) is 3.47. The average molecular weight is 269 g/mol. The summed E-state index contributed by atoms with van der Waals surface area (Å²) in [4.78, 5) is 36.5. The summed E-state index contributed by atoms with van der Waals surface area (Å²) in [6.07, 6.45) is 2.49. The zero-order chi connectivity index (χ0) is 14.4. The normalized spacial score (nSPS) is 21.2. The van der Waals surface area contributed by atoms with Crippen LogP contribution in [0.2, 0.25) is 0 Å². The number of rotatable bonds is 6. The summed E-state index contributed by atoms with van der Waals surface area (Å²) in [7, 11) is 0. The molecule has 1 aliphatic heterocycles. The number of nitrogens with one attached hydrogen (secondary N) is 1. The van der Waals surface area contributed by atoms with Gasteiger partial charge in [-0.25, -0.2) is 0 Å². The van der Waals surface area contributed by atoms with Crippen molar-refractivity contribution in [2.75, 3.05) is 13.1 Å². The lowest BCUT2D eigenvalue weighted by Crippen LogP contribution is -2.59. The van der Waals surface area contributed by atoms with Crippen LogP contribution in [0.1, 0.15) is 39.5 Å². The Hall–Kier alpha value is -1.43. The number of amides is 3. The van der Waals surface area contributed by atoms with Gasteiger partial charge in [0, 0.05) is 6.42 Å². The van der Waals surface area contributed by atoms with Crippen molar-refractivity contribution in [1.82, 2.24) is 10.2 Å².